The lowest BCUT2D eigenvalue weighted by atomic mass is 10.1. The molecule has 4 nitrogen and oxygen atoms in total. The highest BCUT2D eigenvalue weighted by Gasteiger charge is 2.61. The average Bonchev–Trinajstić information content (AvgIpc) is 2.91. The number of hydrogen-bond donors (Lipinski definition) is 1. The monoisotopic (exact) mass is 274 g/mol. The number of carboxylic acids is 1. The molecule has 1 aliphatic carbocycles. The highest BCUT2D eigenvalue weighted by atomic mass is 35.5. The van der Waals surface area contributed by atoms with Crippen molar-refractivity contribution < 1.29 is 18.3 Å². The van der Waals surface area contributed by atoms with E-state index in [1.54, 1.807) is 24.3 Å². The molecule has 1 aromatic rings. The van der Waals surface area contributed by atoms with Gasteiger partial charge in [-0.3, -0.25) is 4.79 Å². The van der Waals surface area contributed by atoms with E-state index in [0.29, 0.717) is 10.6 Å². The second-order valence-corrected chi connectivity index (χ2v) is 6.88. The van der Waals surface area contributed by atoms with Crippen molar-refractivity contribution in [2.45, 2.75) is 11.2 Å². The Labute approximate surface area is 104 Å². The van der Waals surface area contributed by atoms with Crippen molar-refractivity contribution in [1.82, 2.24) is 0 Å². The molecule has 0 bridgehead atoms. The van der Waals surface area contributed by atoms with Crippen molar-refractivity contribution in [2.75, 3.05) is 6.26 Å². The van der Waals surface area contributed by atoms with E-state index in [-0.39, 0.29) is 0 Å². The number of carbonyl (C=O) groups is 1. The van der Waals surface area contributed by atoms with E-state index in [1.807, 2.05) is 0 Å². The number of benzene rings is 1. The first-order valence-corrected chi connectivity index (χ1v) is 7.33. The Kier molecular flexibility index (Phi) is 2.91. The van der Waals surface area contributed by atoms with Crippen LogP contribution in [0.4, 0.5) is 0 Å². The summed E-state index contributed by atoms with van der Waals surface area (Å²) in [6.45, 7) is 0. The van der Waals surface area contributed by atoms with Crippen LogP contribution in [0.25, 0.3) is 0 Å². The van der Waals surface area contributed by atoms with Gasteiger partial charge in [-0.15, -0.1) is 0 Å². The van der Waals surface area contributed by atoms with Gasteiger partial charge in [0.1, 0.15) is 0 Å². The van der Waals surface area contributed by atoms with Crippen LogP contribution in [0, 0.1) is 5.92 Å². The molecule has 0 radical (unpaired) electrons. The van der Waals surface area contributed by atoms with Gasteiger partial charge in [0.2, 0.25) is 0 Å². The van der Waals surface area contributed by atoms with Crippen LogP contribution >= 0.6 is 11.6 Å². The van der Waals surface area contributed by atoms with Gasteiger partial charge in [0.05, 0.1) is 11.2 Å². The molecule has 1 fully saturated rings. The summed E-state index contributed by atoms with van der Waals surface area (Å²) in [6.07, 6.45) is 1.07. The van der Waals surface area contributed by atoms with Crippen molar-refractivity contribution in [1.29, 1.82) is 0 Å². The van der Waals surface area contributed by atoms with Crippen LogP contribution in [-0.4, -0.2) is 31.0 Å². The van der Waals surface area contributed by atoms with Gasteiger partial charge in [-0.1, -0.05) is 23.7 Å². The number of aliphatic carboxylic acids is 1. The van der Waals surface area contributed by atoms with E-state index in [0.717, 1.165) is 6.26 Å². The third kappa shape index (κ3) is 2.30. The van der Waals surface area contributed by atoms with E-state index in [2.05, 4.69) is 0 Å². The lowest BCUT2D eigenvalue weighted by molar-refractivity contribution is -0.138. The highest BCUT2D eigenvalue weighted by molar-refractivity contribution is 7.91. The fourth-order valence-electron chi connectivity index (χ4n) is 2.22. The minimum absolute atomic E-state index is 0.478. The Morgan fingerprint density at radius 1 is 1.41 bits per heavy atom. The Morgan fingerprint density at radius 2 is 2.06 bits per heavy atom. The maximum atomic E-state index is 11.5. The average molecular weight is 275 g/mol. The number of hydrogen-bond acceptors (Lipinski definition) is 3. The fourth-order valence-corrected chi connectivity index (χ4v) is 4.01. The lowest BCUT2D eigenvalue weighted by Gasteiger charge is -1.99. The third-order valence-electron chi connectivity index (χ3n) is 2.97. The van der Waals surface area contributed by atoms with Crippen LogP contribution in [0.15, 0.2) is 24.3 Å². The molecule has 0 saturated heterocycles. The maximum Gasteiger partial charge on any atom is 0.308 e. The Bertz CT molecular complexity index is 567. The molecule has 17 heavy (non-hydrogen) atoms. The minimum Gasteiger partial charge on any atom is -0.481 e. The molecule has 1 aliphatic rings. The summed E-state index contributed by atoms with van der Waals surface area (Å²) in [5.74, 6) is -2.42. The first-order chi connectivity index (χ1) is 7.82. The SMILES string of the molecule is CS(=O)(=O)[C@@H]1[C@H](C(=O)O)[C@H]1c1cccc(Cl)c1. The zero-order valence-electron chi connectivity index (χ0n) is 9.00. The summed E-state index contributed by atoms with van der Waals surface area (Å²) in [5, 5.41) is 8.63. The lowest BCUT2D eigenvalue weighted by Crippen LogP contribution is -2.10. The summed E-state index contributed by atoms with van der Waals surface area (Å²) >= 11 is 5.81. The van der Waals surface area contributed by atoms with Crippen LogP contribution in [0.3, 0.4) is 0 Å². The first-order valence-electron chi connectivity index (χ1n) is 4.99. The van der Waals surface area contributed by atoms with Gasteiger partial charge in [0.25, 0.3) is 0 Å². The van der Waals surface area contributed by atoms with Crippen LogP contribution in [-0.2, 0) is 14.6 Å². The molecule has 0 heterocycles. The molecule has 0 aliphatic heterocycles. The Morgan fingerprint density at radius 3 is 2.47 bits per heavy atom. The molecule has 0 unspecified atom stereocenters. The molecule has 2 rings (SSSR count). The van der Waals surface area contributed by atoms with Gasteiger partial charge in [-0.25, -0.2) is 8.42 Å². The van der Waals surface area contributed by atoms with Crippen molar-refractivity contribution >= 4 is 27.4 Å². The Hall–Kier alpha value is -1.07. The molecule has 1 N–H and O–H groups in total. The first kappa shape index (κ1) is 12.4. The van der Waals surface area contributed by atoms with Crippen LogP contribution in [0.5, 0.6) is 0 Å². The Balaban J connectivity index is 2.37. The molecule has 92 valence electrons. The molecule has 3 atom stereocenters. The zero-order chi connectivity index (χ0) is 12.8. The number of sulfone groups is 1. The molecule has 6 heteroatoms. The van der Waals surface area contributed by atoms with E-state index in [1.165, 1.54) is 0 Å². The largest absolute Gasteiger partial charge is 0.481 e. The summed E-state index contributed by atoms with van der Waals surface area (Å²) in [5.41, 5.74) is 0.667. The van der Waals surface area contributed by atoms with E-state index >= 15 is 0 Å². The van der Waals surface area contributed by atoms with Gasteiger partial charge < -0.3 is 5.11 Å². The van der Waals surface area contributed by atoms with E-state index in [4.69, 9.17) is 16.7 Å². The molecule has 1 saturated carbocycles. The normalized spacial score (nSPS) is 27.8. The third-order valence-corrected chi connectivity index (χ3v) is 4.78. The van der Waals surface area contributed by atoms with Crippen molar-refractivity contribution in [2.24, 2.45) is 5.92 Å². The molecule has 0 aromatic heterocycles. The molecular weight excluding hydrogens is 264 g/mol. The predicted octanol–water partition coefficient (Wildman–Crippen LogP) is 1.55. The number of rotatable bonds is 3. The van der Waals surface area contributed by atoms with Gasteiger partial charge in [-0.2, -0.15) is 0 Å². The van der Waals surface area contributed by atoms with Crippen LogP contribution in [0.1, 0.15) is 11.5 Å². The molecule has 0 spiro atoms. The molecular formula is C11H11ClO4S. The number of halogens is 1. The second kappa shape index (κ2) is 3.99. The van der Waals surface area contributed by atoms with Crippen molar-refractivity contribution in [3.63, 3.8) is 0 Å². The summed E-state index contributed by atoms with van der Waals surface area (Å²) in [7, 11) is -3.36. The van der Waals surface area contributed by atoms with Crippen LogP contribution < -0.4 is 0 Å². The quantitative estimate of drug-likeness (QED) is 0.908. The minimum atomic E-state index is -3.36. The van der Waals surface area contributed by atoms with Gasteiger partial charge in [0.15, 0.2) is 9.84 Å². The summed E-state index contributed by atoms with van der Waals surface area (Å²) in [4.78, 5) is 11.0. The smallest absolute Gasteiger partial charge is 0.308 e. The van der Waals surface area contributed by atoms with Crippen LogP contribution in [0.2, 0.25) is 5.02 Å². The second-order valence-electron chi connectivity index (χ2n) is 4.24. The summed E-state index contributed by atoms with van der Waals surface area (Å²) < 4.78 is 23.0. The summed E-state index contributed by atoms with van der Waals surface area (Å²) in [6, 6.07) is 6.68. The number of carboxylic acid groups (broad SMARTS) is 1. The fraction of sp³-hybridized carbons (Fsp3) is 0.364. The highest BCUT2D eigenvalue weighted by Crippen LogP contribution is 2.52. The van der Waals surface area contributed by atoms with Gasteiger partial charge >= 0.3 is 5.97 Å². The van der Waals surface area contributed by atoms with Gasteiger partial charge in [0, 0.05) is 17.2 Å². The topological polar surface area (TPSA) is 71.4 Å². The predicted molar refractivity (Wildman–Crippen MR) is 64.0 cm³/mol. The van der Waals surface area contributed by atoms with Crippen molar-refractivity contribution in [3.05, 3.63) is 34.9 Å². The van der Waals surface area contributed by atoms with E-state index in [9.17, 15) is 13.2 Å². The standard InChI is InChI=1S/C11H11ClO4S/c1-17(15,16)10-8(9(10)11(13)14)6-3-2-4-7(12)5-6/h2-5,8-10H,1H3,(H,13,14)/t8-,9-,10+/m1/s1. The van der Waals surface area contributed by atoms with Crippen molar-refractivity contribution in [3.8, 4) is 0 Å². The molecule has 0 amide bonds. The maximum absolute atomic E-state index is 11.5. The van der Waals surface area contributed by atoms with Gasteiger partial charge in [-0.05, 0) is 17.7 Å². The molecule has 1 aromatic carbocycles. The van der Waals surface area contributed by atoms with E-state index < -0.39 is 32.9 Å². The zero-order valence-corrected chi connectivity index (χ0v) is 10.6.